The highest BCUT2D eigenvalue weighted by atomic mass is 16.6. The van der Waals surface area contributed by atoms with Crippen molar-refractivity contribution in [3.8, 4) is 0 Å². The lowest BCUT2D eigenvalue weighted by Crippen LogP contribution is -2.41. The summed E-state index contributed by atoms with van der Waals surface area (Å²) in [5.74, 6) is -3.02. The summed E-state index contributed by atoms with van der Waals surface area (Å²) >= 11 is 0. The molecular formula is C46H58N2O10. The van der Waals surface area contributed by atoms with Crippen LogP contribution in [0.15, 0.2) is 130 Å². The van der Waals surface area contributed by atoms with Crippen molar-refractivity contribution in [3.05, 3.63) is 130 Å². The Hall–Kier alpha value is -6.04. The van der Waals surface area contributed by atoms with Gasteiger partial charge < -0.3 is 30.3 Å². The maximum atomic E-state index is 13.0. The molecule has 0 fully saturated rings. The summed E-state index contributed by atoms with van der Waals surface area (Å²) in [4.78, 5) is 71.3. The molecule has 2 rings (SSSR count). The van der Waals surface area contributed by atoms with Crippen molar-refractivity contribution in [2.75, 3.05) is 13.1 Å². The Morgan fingerprint density at radius 3 is 1.22 bits per heavy atom. The van der Waals surface area contributed by atoms with Crippen molar-refractivity contribution in [1.29, 1.82) is 0 Å². The molecular weight excluding hydrogens is 741 g/mol. The number of nitrogens with one attached hydrogen (secondary N) is 2. The summed E-state index contributed by atoms with van der Waals surface area (Å²) in [7, 11) is 0. The van der Waals surface area contributed by atoms with Crippen molar-refractivity contribution < 1.29 is 48.5 Å². The zero-order valence-corrected chi connectivity index (χ0v) is 35.2. The third-order valence-electron chi connectivity index (χ3n) is 9.54. The fourth-order valence-electron chi connectivity index (χ4n) is 6.39. The van der Waals surface area contributed by atoms with Crippen LogP contribution in [0.1, 0.15) is 82.1 Å². The van der Waals surface area contributed by atoms with Gasteiger partial charge in [0.1, 0.15) is 13.1 Å². The van der Waals surface area contributed by atoms with E-state index in [1.54, 1.807) is 13.8 Å². The summed E-state index contributed by atoms with van der Waals surface area (Å²) < 4.78 is 10.5. The minimum absolute atomic E-state index is 0.275. The van der Waals surface area contributed by atoms with Crippen LogP contribution in [0.3, 0.4) is 0 Å². The molecule has 4 N–H and O–H groups in total. The van der Waals surface area contributed by atoms with E-state index in [0.29, 0.717) is 11.1 Å². The second-order valence-electron chi connectivity index (χ2n) is 15.7. The van der Waals surface area contributed by atoms with E-state index in [9.17, 15) is 28.8 Å². The maximum Gasteiger partial charge on any atom is 0.408 e. The number of amides is 2. The number of alkyl carbamates (subject to hydrolysis) is 2. The number of carbonyl (C=O) groups excluding carboxylic acids is 4. The first kappa shape index (κ1) is 48.1. The number of rotatable bonds is 16. The van der Waals surface area contributed by atoms with Gasteiger partial charge in [0, 0.05) is 12.8 Å². The summed E-state index contributed by atoms with van der Waals surface area (Å²) in [6.45, 7) is 18.0. The third-order valence-corrected chi connectivity index (χ3v) is 9.54. The molecule has 2 aliphatic carbocycles. The molecule has 0 aromatic carbocycles. The predicted molar refractivity (Wildman–Crippen MR) is 225 cm³/mol. The van der Waals surface area contributed by atoms with Gasteiger partial charge in [0.05, 0.1) is 0 Å². The Morgan fingerprint density at radius 2 is 0.897 bits per heavy atom. The van der Waals surface area contributed by atoms with Crippen LogP contribution in [0.2, 0.25) is 0 Å². The molecule has 0 heterocycles. The van der Waals surface area contributed by atoms with Crippen molar-refractivity contribution in [2.24, 2.45) is 10.8 Å². The number of carboxylic acid groups (broad SMARTS) is 2. The van der Waals surface area contributed by atoms with Gasteiger partial charge in [-0.3, -0.25) is 19.2 Å². The van der Waals surface area contributed by atoms with Gasteiger partial charge in [0.2, 0.25) is 0 Å². The van der Waals surface area contributed by atoms with E-state index in [4.69, 9.17) is 19.7 Å². The first-order valence-corrected chi connectivity index (χ1v) is 19.0. The van der Waals surface area contributed by atoms with E-state index in [1.807, 2.05) is 140 Å². The number of allylic oxidation sites excluding steroid dienone is 20. The lowest BCUT2D eigenvalue weighted by molar-refractivity contribution is -0.137. The van der Waals surface area contributed by atoms with Crippen LogP contribution < -0.4 is 10.6 Å². The number of ketones is 2. The van der Waals surface area contributed by atoms with E-state index >= 15 is 0 Å². The quantitative estimate of drug-likeness (QED) is 0.110. The van der Waals surface area contributed by atoms with Crippen molar-refractivity contribution >= 4 is 35.7 Å². The number of aliphatic carboxylic acids is 2. The fourth-order valence-corrected chi connectivity index (χ4v) is 6.39. The van der Waals surface area contributed by atoms with E-state index in [0.717, 1.165) is 33.4 Å². The van der Waals surface area contributed by atoms with E-state index in [-0.39, 0.29) is 24.4 Å². The first-order chi connectivity index (χ1) is 27.0. The Morgan fingerprint density at radius 1 is 0.586 bits per heavy atom. The number of hydrogen-bond acceptors (Lipinski definition) is 8. The summed E-state index contributed by atoms with van der Waals surface area (Å²) in [5.41, 5.74) is 5.82. The molecule has 0 saturated heterocycles. The molecule has 2 atom stereocenters. The Bertz CT molecular complexity index is 1830. The summed E-state index contributed by atoms with van der Waals surface area (Å²) in [6.07, 6.45) is 24.2. The zero-order valence-electron chi connectivity index (χ0n) is 35.2. The molecule has 0 saturated carbocycles. The summed E-state index contributed by atoms with van der Waals surface area (Å²) in [6, 6.07) is 0. The van der Waals surface area contributed by atoms with Gasteiger partial charge in [-0.25, -0.2) is 9.59 Å². The Balaban J connectivity index is 1.97. The monoisotopic (exact) mass is 798 g/mol. The predicted octanol–water partition coefficient (Wildman–Crippen LogP) is 8.54. The number of Topliss-reactive ketones (excluding diaryl/α,β-unsaturated/α-hetero) is 2. The number of hydrogen-bond donors (Lipinski definition) is 4. The van der Waals surface area contributed by atoms with E-state index in [2.05, 4.69) is 10.6 Å². The van der Waals surface area contributed by atoms with Crippen molar-refractivity contribution in [3.63, 3.8) is 0 Å². The molecule has 0 aromatic rings. The molecule has 2 amide bonds. The number of carbonyl (C=O) groups is 6. The lowest BCUT2D eigenvalue weighted by Gasteiger charge is -2.36. The van der Waals surface area contributed by atoms with Crippen LogP contribution in [0.5, 0.6) is 0 Å². The Labute approximate surface area is 341 Å². The molecule has 12 nitrogen and oxygen atoms in total. The van der Waals surface area contributed by atoms with Gasteiger partial charge in [-0.05, 0) is 74.7 Å². The molecule has 312 valence electrons. The van der Waals surface area contributed by atoms with Crippen LogP contribution in [0, 0.1) is 10.8 Å². The van der Waals surface area contributed by atoms with Crippen LogP contribution in [-0.4, -0.2) is 71.2 Å². The van der Waals surface area contributed by atoms with Crippen LogP contribution >= 0.6 is 0 Å². The number of ether oxygens (including phenoxy) is 2. The standard InChI is InChI=1S/C46H58N2O10/c1-29(17-13-19-31(3)21-23-35-33(5)41(53)37(25-45(35,7)8)57-43(55)47-27-39(49)50)15-11-12-16-30(2)18-14-20-32(4)22-24-36-34(6)42(54)38(26-46(36,9)10)58-44(56)48-28-40(51)52/h11-24,37-38H,25-28H2,1-10H3,(H,47,55)(H,48,56)(H,49,50)(H,51,52). The summed E-state index contributed by atoms with van der Waals surface area (Å²) in [5, 5.41) is 21.7. The van der Waals surface area contributed by atoms with Crippen LogP contribution in [0.25, 0.3) is 0 Å². The van der Waals surface area contributed by atoms with Crippen LogP contribution in [-0.2, 0) is 28.7 Å². The lowest BCUT2D eigenvalue weighted by atomic mass is 9.71. The molecule has 0 aliphatic heterocycles. The molecule has 2 aliphatic rings. The molecule has 0 bridgehead atoms. The SMILES string of the molecule is CC(C=CC=C(C)C=CC1=C(C)C(=O)C(OC(=O)NCC(=O)O)CC1(C)C)=CC=CC=C(C)C=CC=C(C)C=CC1=C(C)C(=O)C(OC(=O)NCC(=O)O)CC1(C)C. The fraction of sp³-hybridized carbons (Fsp3) is 0.391. The second kappa shape index (κ2) is 22.0. The first-order valence-electron chi connectivity index (χ1n) is 19.0. The van der Waals surface area contributed by atoms with Gasteiger partial charge >= 0.3 is 24.1 Å². The molecule has 0 spiro atoms. The molecule has 12 heteroatoms. The molecule has 2 unspecified atom stereocenters. The average molecular weight is 799 g/mol. The smallest absolute Gasteiger partial charge is 0.408 e. The zero-order chi connectivity index (χ0) is 43.8. The third kappa shape index (κ3) is 15.8. The van der Waals surface area contributed by atoms with Crippen molar-refractivity contribution in [1.82, 2.24) is 10.6 Å². The molecule has 0 radical (unpaired) electrons. The van der Waals surface area contributed by atoms with E-state index in [1.165, 1.54) is 0 Å². The van der Waals surface area contributed by atoms with Gasteiger partial charge in [-0.15, -0.1) is 0 Å². The van der Waals surface area contributed by atoms with Gasteiger partial charge in [-0.2, -0.15) is 0 Å². The topological polar surface area (TPSA) is 185 Å². The minimum atomic E-state index is -1.21. The van der Waals surface area contributed by atoms with Gasteiger partial charge in [-0.1, -0.05) is 135 Å². The van der Waals surface area contributed by atoms with Crippen LogP contribution in [0.4, 0.5) is 9.59 Å². The highest BCUT2D eigenvalue weighted by Crippen LogP contribution is 2.42. The highest BCUT2D eigenvalue weighted by Gasteiger charge is 2.41. The maximum absolute atomic E-state index is 13.0. The van der Waals surface area contributed by atoms with E-state index < -0.39 is 60.3 Å². The number of carboxylic acids is 2. The van der Waals surface area contributed by atoms with Gasteiger partial charge in [0.15, 0.2) is 23.8 Å². The minimum Gasteiger partial charge on any atom is -0.480 e. The normalized spacial score (nSPS) is 20.9. The second-order valence-corrected chi connectivity index (χ2v) is 15.7. The van der Waals surface area contributed by atoms with Gasteiger partial charge in [0.25, 0.3) is 0 Å². The Kier molecular flexibility index (Phi) is 18.3. The van der Waals surface area contributed by atoms with Crippen molar-refractivity contribution in [2.45, 2.75) is 94.3 Å². The molecule has 58 heavy (non-hydrogen) atoms. The highest BCUT2D eigenvalue weighted by molar-refractivity contribution is 6.02. The molecule has 0 aromatic heterocycles. The average Bonchev–Trinajstić information content (AvgIpc) is 3.12. The largest absolute Gasteiger partial charge is 0.480 e.